The summed E-state index contributed by atoms with van der Waals surface area (Å²) in [7, 11) is 1.65. The maximum atomic E-state index is 13.5. The molecule has 0 spiro atoms. The van der Waals surface area contributed by atoms with Gasteiger partial charge in [0.2, 0.25) is 0 Å². The second-order valence-corrected chi connectivity index (χ2v) is 8.16. The molecule has 2 aliphatic rings. The van der Waals surface area contributed by atoms with Gasteiger partial charge >= 0.3 is 12.0 Å². The molecule has 0 bridgehead atoms. The number of halogens is 1. The summed E-state index contributed by atoms with van der Waals surface area (Å²) in [5.74, 6) is -0.0741. The number of nitrogens with zero attached hydrogens (tertiary/aromatic N) is 2. The van der Waals surface area contributed by atoms with Crippen LogP contribution in [0.25, 0.3) is 0 Å². The largest absolute Gasteiger partial charge is 0.497 e. The summed E-state index contributed by atoms with van der Waals surface area (Å²) >= 11 is 0. The maximum Gasteiger partial charge on any atom is 0.338 e. The minimum absolute atomic E-state index is 0.209. The van der Waals surface area contributed by atoms with E-state index in [4.69, 9.17) is 9.47 Å². The summed E-state index contributed by atoms with van der Waals surface area (Å²) in [6.45, 7) is 5.48. The monoisotopic (exact) mass is 468 g/mol. The Morgan fingerprint density at radius 1 is 1.06 bits per heavy atom. The average molecular weight is 469 g/mol. The van der Waals surface area contributed by atoms with E-state index >= 15 is 0 Å². The number of benzene rings is 2. The fraction of sp³-hybridized carbons (Fsp3) is 0.360. The second kappa shape index (κ2) is 10.6. The van der Waals surface area contributed by atoms with E-state index in [0.29, 0.717) is 23.4 Å². The minimum Gasteiger partial charge on any atom is -0.497 e. The molecule has 2 heterocycles. The van der Waals surface area contributed by atoms with Gasteiger partial charge in [-0.15, -0.1) is 0 Å². The van der Waals surface area contributed by atoms with Crippen molar-refractivity contribution in [3.05, 3.63) is 71.2 Å². The Morgan fingerprint density at radius 3 is 2.35 bits per heavy atom. The standard InChI is InChI=1S/C25H29FN4O4/c1-3-34-24(31)22-21(27-25(32)28-23(22)17-4-6-18(26)7-5-17)16-29-12-14-30(15-13-29)19-8-10-20(33-2)11-9-19/h4-11,23H,3,12-16H2,1-2H3,(H2,27,28,32). The van der Waals surface area contributed by atoms with Crippen LogP contribution in [0, 0.1) is 5.82 Å². The van der Waals surface area contributed by atoms with Gasteiger partial charge in [-0.3, -0.25) is 4.90 Å². The zero-order valence-corrected chi connectivity index (χ0v) is 19.3. The van der Waals surface area contributed by atoms with E-state index in [1.54, 1.807) is 26.2 Å². The van der Waals surface area contributed by atoms with Crippen LogP contribution in [0.4, 0.5) is 14.9 Å². The summed E-state index contributed by atoms with van der Waals surface area (Å²) < 4.78 is 24.0. The first kappa shape index (κ1) is 23.6. The predicted octanol–water partition coefficient (Wildman–Crippen LogP) is 2.83. The molecule has 2 aromatic rings. The van der Waals surface area contributed by atoms with E-state index in [9.17, 15) is 14.0 Å². The molecular formula is C25H29FN4O4. The Balaban J connectivity index is 1.52. The Labute approximate surface area is 198 Å². The third kappa shape index (κ3) is 5.31. The number of piperazine rings is 1. The highest BCUT2D eigenvalue weighted by atomic mass is 19.1. The molecule has 2 amide bonds. The van der Waals surface area contributed by atoms with E-state index in [0.717, 1.165) is 37.6 Å². The quantitative estimate of drug-likeness (QED) is 0.608. The molecule has 2 aromatic carbocycles. The van der Waals surface area contributed by atoms with Gasteiger partial charge in [-0.2, -0.15) is 0 Å². The van der Waals surface area contributed by atoms with Gasteiger partial charge in [0.25, 0.3) is 0 Å². The average Bonchev–Trinajstić information content (AvgIpc) is 2.85. The predicted molar refractivity (Wildman–Crippen MR) is 126 cm³/mol. The van der Waals surface area contributed by atoms with Gasteiger partial charge in [-0.1, -0.05) is 12.1 Å². The normalized spacial score (nSPS) is 18.9. The molecular weight excluding hydrogens is 439 g/mol. The van der Waals surface area contributed by atoms with Crippen LogP contribution in [0.15, 0.2) is 59.8 Å². The molecule has 2 N–H and O–H groups in total. The van der Waals surface area contributed by atoms with Crippen LogP contribution in [0.3, 0.4) is 0 Å². The summed E-state index contributed by atoms with van der Waals surface area (Å²) in [5.41, 5.74) is 2.58. The number of amides is 2. The van der Waals surface area contributed by atoms with E-state index < -0.39 is 18.0 Å². The Bertz CT molecular complexity index is 1050. The van der Waals surface area contributed by atoms with Gasteiger partial charge < -0.3 is 25.0 Å². The third-order valence-corrected chi connectivity index (χ3v) is 6.04. The summed E-state index contributed by atoms with van der Waals surface area (Å²) in [5, 5.41) is 5.58. The number of rotatable bonds is 7. The number of carbonyl (C=O) groups excluding carboxylic acids is 2. The second-order valence-electron chi connectivity index (χ2n) is 8.16. The van der Waals surface area contributed by atoms with Crippen LogP contribution in [0.5, 0.6) is 5.75 Å². The van der Waals surface area contributed by atoms with Crippen LogP contribution in [0.2, 0.25) is 0 Å². The summed E-state index contributed by atoms with van der Waals surface area (Å²) in [4.78, 5) is 29.9. The van der Waals surface area contributed by atoms with E-state index in [2.05, 4.69) is 20.4 Å². The number of urea groups is 1. The lowest BCUT2D eigenvalue weighted by molar-refractivity contribution is -0.139. The molecule has 1 fully saturated rings. The molecule has 9 heteroatoms. The molecule has 34 heavy (non-hydrogen) atoms. The maximum absolute atomic E-state index is 13.5. The number of carbonyl (C=O) groups is 2. The van der Waals surface area contributed by atoms with E-state index in [1.165, 1.54) is 12.1 Å². The van der Waals surface area contributed by atoms with Crippen LogP contribution < -0.4 is 20.3 Å². The first-order chi connectivity index (χ1) is 16.5. The van der Waals surface area contributed by atoms with Crippen LogP contribution in [-0.4, -0.2) is 63.3 Å². The number of anilines is 1. The number of hydrogen-bond donors (Lipinski definition) is 2. The first-order valence-corrected chi connectivity index (χ1v) is 11.3. The highest BCUT2D eigenvalue weighted by Gasteiger charge is 2.34. The molecule has 1 atom stereocenters. The van der Waals surface area contributed by atoms with Gasteiger partial charge in [0.15, 0.2) is 0 Å². The lowest BCUT2D eigenvalue weighted by atomic mass is 9.95. The third-order valence-electron chi connectivity index (χ3n) is 6.04. The molecule has 0 aliphatic carbocycles. The van der Waals surface area contributed by atoms with Crippen molar-refractivity contribution in [2.75, 3.05) is 51.3 Å². The zero-order chi connectivity index (χ0) is 24.1. The minimum atomic E-state index is -0.719. The van der Waals surface area contributed by atoms with Crippen LogP contribution in [-0.2, 0) is 9.53 Å². The van der Waals surface area contributed by atoms with Crippen molar-refractivity contribution in [1.29, 1.82) is 0 Å². The SMILES string of the molecule is CCOC(=O)C1=C(CN2CCN(c3ccc(OC)cc3)CC2)NC(=O)NC1c1ccc(F)cc1. The zero-order valence-electron chi connectivity index (χ0n) is 19.3. The number of nitrogens with one attached hydrogen (secondary N) is 2. The smallest absolute Gasteiger partial charge is 0.338 e. The number of methoxy groups -OCH3 is 1. The van der Waals surface area contributed by atoms with Crippen molar-refractivity contribution >= 4 is 17.7 Å². The van der Waals surface area contributed by atoms with Crippen molar-refractivity contribution in [2.24, 2.45) is 0 Å². The van der Waals surface area contributed by atoms with Gasteiger partial charge in [-0.05, 0) is 48.9 Å². The Kier molecular flexibility index (Phi) is 7.32. The molecule has 1 saturated heterocycles. The number of esters is 1. The molecule has 0 aromatic heterocycles. The lowest BCUT2D eigenvalue weighted by Crippen LogP contribution is -2.51. The lowest BCUT2D eigenvalue weighted by Gasteiger charge is -2.38. The highest BCUT2D eigenvalue weighted by Crippen LogP contribution is 2.29. The molecule has 0 saturated carbocycles. The summed E-state index contributed by atoms with van der Waals surface area (Å²) in [6.07, 6.45) is 0. The molecule has 0 radical (unpaired) electrons. The highest BCUT2D eigenvalue weighted by molar-refractivity contribution is 5.95. The van der Waals surface area contributed by atoms with Crippen molar-refractivity contribution in [2.45, 2.75) is 13.0 Å². The van der Waals surface area contributed by atoms with Crippen molar-refractivity contribution in [1.82, 2.24) is 15.5 Å². The van der Waals surface area contributed by atoms with Crippen molar-refractivity contribution < 1.29 is 23.5 Å². The van der Waals surface area contributed by atoms with Crippen molar-refractivity contribution in [3.63, 3.8) is 0 Å². The summed E-state index contributed by atoms with van der Waals surface area (Å²) in [6, 6.07) is 12.6. The van der Waals surface area contributed by atoms with E-state index in [1.807, 2.05) is 24.3 Å². The fourth-order valence-corrected chi connectivity index (χ4v) is 4.28. The number of hydrogen-bond acceptors (Lipinski definition) is 6. The molecule has 1 unspecified atom stereocenters. The van der Waals surface area contributed by atoms with E-state index in [-0.39, 0.29) is 12.4 Å². The molecule has 180 valence electrons. The van der Waals surface area contributed by atoms with Gasteiger partial charge in [0, 0.05) is 44.1 Å². The number of ether oxygens (including phenoxy) is 2. The van der Waals surface area contributed by atoms with Gasteiger partial charge in [0.05, 0.1) is 25.3 Å². The van der Waals surface area contributed by atoms with Gasteiger partial charge in [0.1, 0.15) is 11.6 Å². The fourth-order valence-electron chi connectivity index (χ4n) is 4.28. The van der Waals surface area contributed by atoms with Crippen LogP contribution in [0.1, 0.15) is 18.5 Å². The Hall–Kier alpha value is -3.59. The van der Waals surface area contributed by atoms with Gasteiger partial charge in [-0.25, -0.2) is 14.0 Å². The first-order valence-electron chi connectivity index (χ1n) is 11.3. The molecule has 8 nitrogen and oxygen atoms in total. The van der Waals surface area contributed by atoms with Crippen molar-refractivity contribution in [3.8, 4) is 5.75 Å². The molecule has 2 aliphatic heterocycles. The Morgan fingerprint density at radius 2 is 1.74 bits per heavy atom. The topological polar surface area (TPSA) is 83.1 Å². The molecule has 4 rings (SSSR count). The van der Waals surface area contributed by atoms with Crippen LogP contribution >= 0.6 is 0 Å².